The van der Waals surface area contributed by atoms with Crippen LogP contribution in [-0.4, -0.2) is 48.8 Å². The quantitative estimate of drug-likeness (QED) is 0.177. The summed E-state index contributed by atoms with van der Waals surface area (Å²) in [7, 11) is 0. The molecule has 0 saturated heterocycles. The summed E-state index contributed by atoms with van der Waals surface area (Å²) in [6.07, 6.45) is 16.1. The standard InChI is InChI=1S/C20H29N5O3/c1-2-3-4-6-10-14-22-20-23-15-12-17(16-24-20)19(27)21-13-9-7-5-8-11-18(26)25-28/h2-4,6,10,12,16,28H,1,5,7-9,11,13-15H2,(H,21,27)(H,22,23)(H,25,26)/b4-3-,10-6-. The minimum Gasteiger partial charge on any atom is -0.352 e. The summed E-state index contributed by atoms with van der Waals surface area (Å²) in [5.74, 6) is -0.0536. The van der Waals surface area contributed by atoms with Gasteiger partial charge in [-0.25, -0.2) is 15.5 Å². The molecule has 2 amide bonds. The van der Waals surface area contributed by atoms with Gasteiger partial charge in [0.15, 0.2) is 0 Å². The van der Waals surface area contributed by atoms with Crippen molar-refractivity contribution in [1.29, 1.82) is 0 Å². The van der Waals surface area contributed by atoms with Crippen LogP contribution in [0.25, 0.3) is 0 Å². The summed E-state index contributed by atoms with van der Waals surface area (Å²) in [5.41, 5.74) is 2.10. The highest BCUT2D eigenvalue weighted by Crippen LogP contribution is 2.03. The Bertz CT molecular complexity index is 663. The molecule has 1 aliphatic heterocycles. The van der Waals surface area contributed by atoms with Crippen molar-refractivity contribution in [3.63, 3.8) is 0 Å². The van der Waals surface area contributed by atoms with Crippen LogP contribution in [0.4, 0.5) is 0 Å². The molecular formula is C20H29N5O3. The Morgan fingerprint density at radius 1 is 1.18 bits per heavy atom. The molecule has 0 spiro atoms. The van der Waals surface area contributed by atoms with E-state index in [1.54, 1.807) is 17.6 Å². The Balaban J connectivity index is 2.22. The highest BCUT2D eigenvalue weighted by molar-refractivity contribution is 6.14. The number of hydrogen-bond donors (Lipinski definition) is 4. The van der Waals surface area contributed by atoms with Gasteiger partial charge in [0, 0.05) is 25.7 Å². The lowest BCUT2D eigenvalue weighted by Crippen LogP contribution is -2.27. The van der Waals surface area contributed by atoms with E-state index in [2.05, 4.69) is 27.2 Å². The van der Waals surface area contributed by atoms with E-state index < -0.39 is 0 Å². The monoisotopic (exact) mass is 387 g/mol. The number of nitrogens with zero attached hydrogens (tertiary/aromatic N) is 2. The molecule has 0 atom stereocenters. The summed E-state index contributed by atoms with van der Waals surface area (Å²) < 4.78 is 0. The van der Waals surface area contributed by atoms with Gasteiger partial charge in [0.25, 0.3) is 5.91 Å². The van der Waals surface area contributed by atoms with Crippen molar-refractivity contribution < 1.29 is 14.8 Å². The number of guanidine groups is 1. The number of hydroxylamine groups is 1. The van der Waals surface area contributed by atoms with Gasteiger partial charge >= 0.3 is 0 Å². The fraction of sp³-hybridized carbons (Fsp3) is 0.400. The van der Waals surface area contributed by atoms with Gasteiger partial charge in [-0.3, -0.25) is 14.8 Å². The molecular weight excluding hydrogens is 358 g/mol. The van der Waals surface area contributed by atoms with Crippen LogP contribution in [-0.2, 0) is 9.59 Å². The number of unbranched alkanes of at least 4 members (excludes halogenated alkanes) is 3. The van der Waals surface area contributed by atoms with Gasteiger partial charge < -0.3 is 10.6 Å². The van der Waals surface area contributed by atoms with Crippen molar-refractivity contribution in [3.8, 4) is 0 Å². The first kappa shape index (κ1) is 23.0. The molecule has 1 rings (SSSR count). The first-order valence-electron chi connectivity index (χ1n) is 9.35. The fourth-order valence-corrected chi connectivity index (χ4v) is 2.27. The third kappa shape index (κ3) is 10.9. The van der Waals surface area contributed by atoms with Gasteiger partial charge in [0.2, 0.25) is 11.9 Å². The molecule has 152 valence electrons. The van der Waals surface area contributed by atoms with E-state index in [1.165, 1.54) is 6.21 Å². The molecule has 4 N–H and O–H groups in total. The predicted molar refractivity (Wildman–Crippen MR) is 111 cm³/mol. The van der Waals surface area contributed by atoms with Crippen molar-refractivity contribution in [2.45, 2.75) is 32.1 Å². The topological polar surface area (TPSA) is 115 Å². The van der Waals surface area contributed by atoms with Crippen molar-refractivity contribution in [3.05, 3.63) is 48.6 Å². The van der Waals surface area contributed by atoms with Gasteiger partial charge in [-0.05, 0) is 18.9 Å². The number of aliphatic imine (C=N–C) groups is 2. The van der Waals surface area contributed by atoms with Crippen molar-refractivity contribution >= 4 is 24.0 Å². The zero-order chi connectivity index (χ0) is 20.5. The van der Waals surface area contributed by atoms with E-state index in [9.17, 15) is 9.59 Å². The second-order valence-corrected chi connectivity index (χ2v) is 5.97. The highest BCUT2D eigenvalue weighted by atomic mass is 16.5. The first-order valence-corrected chi connectivity index (χ1v) is 9.35. The summed E-state index contributed by atoms with van der Waals surface area (Å²) in [5, 5.41) is 14.3. The number of nitrogens with one attached hydrogen (secondary N) is 3. The third-order valence-corrected chi connectivity index (χ3v) is 3.75. The molecule has 1 heterocycles. The number of amides is 2. The van der Waals surface area contributed by atoms with Crippen molar-refractivity contribution in [2.75, 3.05) is 19.6 Å². The van der Waals surface area contributed by atoms with Crippen LogP contribution < -0.4 is 16.1 Å². The zero-order valence-corrected chi connectivity index (χ0v) is 16.1. The molecule has 0 saturated carbocycles. The second kappa shape index (κ2) is 15.1. The van der Waals surface area contributed by atoms with Crippen LogP contribution >= 0.6 is 0 Å². The Morgan fingerprint density at radius 3 is 2.79 bits per heavy atom. The van der Waals surface area contributed by atoms with Gasteiger partial charge in [0.05, 0.1) is 12.1 Å². The number of allylic oxidation sites excluding steroid dienone is 4. The van der Waals surface area contributed by atoms with Gasteiger partial charge in [-0.1, -0.05) is 49.8 Å². The lowest BCUT2D eigenvalue weighted by molar-refractivity contribution is -0.129. The normalized spacial score (nSPS) is 13.8. The van der Waals surface area contributed by atoms with Crippen LogP contribution in [0, 0.1) is 0 Å². The number of carbonyl (C=O) groups is 2. The molecule has 0 aliphatic carbocycles. The van der Waals surface area contributed by atoms with E-state index in [0.29, 0.717) is 44.0 Å². The predicted octanol–water partition coefficient (Wildman–Crippen LogP) is 1.81. The molecule has 1 aliphatic rings. The van der Waals surface area contributed by atoms with Gasteiger partial charge in [-0.2, -0.15) is 0 Å². The molecule has 0 bridgehead atoms. The van der Waals surface area contributed by atoms with Crippen LogP contribution in [0.1, 0.15) is 32.1 Å². The highest BCUT2D eigenvalue weighted by Gasteiger charge is 2.09. The van der Waals surface area contributed by atoms with Crippen LogP contribution in [0.3, 0.4) is 0 Å². The fourth-order valence-electron chi connectivity index (χ4n) is 2.27. The van der Waals surface area contributed by atoms with E-state index in [-0.39, 0.29) is 11.8 Å². The van der Waals surface area contributed by atoms with Crippen molar-refractivity contribution in [2.24, 2.45) is 9.98 Å². The lowest BCUT2D eigenvalue weighted by atomic mass is 10.1. The maximum absolute atomic E-state index is 12.2. The smallest absolute Gasteiger partial charge is 0.252 e. The molecule has 0 aromatic heterocycles. The van der Waals surface area contributed by atoms with E-state index in [1.807, 2.05) is 24.3 Å². The van der Waals surface area contributed by atoms with Crippen molar-refractivity contribution in [1.82, 2.24) is 16.1 Å². The Labute approximate surface area is 165 Å². The van der Waals surface area contributed by atoms with Gasteiger partial charge in [-0.15, -0.1) is 0 Å². The van der Waals surface area contributed by atoms with Crippen LogP contribution in [0.5, 0.6) is 0 Å². The maximum Gasteiger partial charge on any atom is 0.252 e. The number of carbonyl (C=O) groups excluding carboxylic acids is 2. The second-order valence-electron chi connectivity index (χ2n) is 5.97. The molecule has 0 aromatic carbocycles. The summed E-state index contributed by atoms with van der Waals surface area (Å²) in [6.45, 7) is 5.12. The van der Waals surface area contributed by atoms with E-state index in [0.717, 1.165) is 19.3 Å². The van der Waals surface area contributed by atoms with E-state index in [4.69, 9.17) is 5.21 Å². The Hall–Kier alpha value is -3.00. The van der Waals surface area contributed by atoms with Crippen LogP contribution in [0.2, 0.25) is 0 Å². The maximum atomic E-state index is 12.2. The zero-order valence-electron chi connectivity index (χ0n) is 16.1. The minimum absolute atomic E-state index is 0.172. The largest absolute Gasteiger partial charge is 0.352 e. The number of hydrogen-bond acceptors (Lipinski definition) is 6. The number of rotatable bonds is 12. The Kier molecular flexibility index (Phi) is 12.4. The average molecular weight is 387 g/mol. The summed E-state index contributed by atoms with van der Waals surface area (Å²) >= 11 is 0. The Morgan fingerprint density at radius 2 is 2.00 bits per heavy atom. The lowest BCUT2D eigenvalue weighted by Gasteiger charge is -2.05. The van der Waals surface area contributed by atoms with E-state index >= 15 is 0 Å². The molecule has 0 radical (unpaired) electrons. The van der Waals surface area contributed by atoms with Gasteiger partial charge in [0.1, 0.15) is 0 Å². The first-order chi connectivity index (χ1) is 13.7. The molecule has 28 heavy (non-hydrogen) atoms. The average Bonchev–Trinajstić information content (AvgIpc) is 2.95. The molecule has 0 unspecified atom stereocenters. The summed E-state index contributed by atoms with van der Waals surface area (Å²) in [4.78, 5) is 31.5. The SMILES string of the molecule is C=C/C=C\C=C/CNC1=NCC=C(C(=O)NCCCCCCC(=O)NO)C=N1. The van der Waals surface area contributed by atoms with Crippen LogP contribution in [0.15, 0.2) is 58.6 Å². The molecule has 8 nitrogen and oxygen atoms in total. The summed E-state index contributed by atoms with van der Waals surface area (Å²) in [6, 6.07) is 0. The molecule has 0 aromatic rings. The third-order valence-electron chi connectivity index (χ3n) is 3.75. The molecule has 8 heteroatoms. The molecule has 0 fully saturated rings. The minimum atomic E-state index is -0.371.